The van der Waals surface area contributed by atoms with Gasteiger partial charge in [-0.2, -0.15) is 17.6 Å². The quantitative estimate of drug-likeness (QED) is 0.132. The number of carbonyl (C=O) groups is 1. The number of unbranched alkanes of at least 4 members (excludes halogenated alkanes) is 4. The van der Waals surface area contributed by atoms with Gasteiger partial charge < -0.3 is 9.47 Å². The average Bonchev–Trinajstić information content (AvgIpc) is 2.85. The van der Waals surface area contributed by atoms with Crippen LogP contribution in [-0.4, -0.2) is 18.5 Å². The summed E-state index contributed by atoms with van der Waals surface area (Å²) in [5.41, 5.74) is 0. The average molecular weight is 501 g/mol. The largest absolute Gasteiger partial charge is 0.457 e. The molecule has 0 radical (unpaired) electrons. The molecule has 0 heterocycles. The highest BCUT2D eigenvalue weighted by Gasteiger charge is 2.42. The fourth-order valence-electron chi connectivity index (χ4n) is 5.78. The summed E-state index contributed by atoms with van der Waals surface area (Å²) in [6.45, 7) is 2.25. The molecule has 0 saturated heterocycles. The summed E-state index contributed by atoms with van der Waals surface area (Å²) in [5, 5.41) is 0. The molecule has 3 rings (SSSR count). The lowest BCUT2D eigenvalue weighted by Gasteiger charge is -2.37. The van der Waals surface area contributed by atoms with Gasteiger partial charge in [-0.25, -0.2) is 0 Å². The van der Waals surface area contributed by atoms with Crippen molar-refractivity contribution in [2.24, 2.45) is 23.7 Å². The zero-order chi connectivity index (χ0) is 25.3. The molecule has 3 nitrogen and oxygen atoms in total. The molecule has 0 N–H and O–H groups in total. The molecule has 0 aliphatic heterocycles. The minimum Gasteiger partial charge on any atom is -0.452 e. The summed E-state index contributed by atoms with van der Waals surface area (Å²) >= 11 is 0. The van der Waals surface area contributed by atoms with Gasteiger partial charge in [0.1, 0.15) is 11.5 Å². The molecule has 2 aliphatic carbocycles. The normalized spacial score (nSPS) is 26.2. The van der Waals surface area contributed by atoms with Gasteiger partial charge >= 0.3 is 18.5 Å². The number of benzene rings is 1. The number of carbonyl (C=O) groups excluding carboxylic acids is 1. The second kappa shape index (κ2) is 13.5. The number of rotatable bonds is 11. The highest BCUT2D eigenvalue weighted by atomic mass is 19.4. The lowest BCUT2D eigenvalue weighted by atomic mass is 9.68. The number of esters is 1. The van der Waals surface area contributed by atoms with Crippen molar-refractivity contribution in [3.8, 4) is 11.5 Å². The van der Waals surface area contributed by atoms with Crippen LogP contribution in [0.15, 0.2) is 24.3 Å². The molecule has 1 atom stereocenters. The highest BCUT2D eigenvalue weighted by molar-refractivity contribution is 5.75. The molecule has 2 fully saturated rings. The van der Waals surface area contributed by atoms with Crippen molar-refractivity contribution in [2.45, 2.75) is 109 Å². The molecule has 0 spiro atoms. The number of hydrogen-bond acceptors (Lipinski definition) is 3. The first-order chi connectivity index (χ1) is 16.8. The van der Waals surface area contributed by atoms with Crippen LogP contribution in [-0.2, 0) is 4.79 Å². The van der Waals surface area contributed by atoms with Crippen LogP contribution in [0.1, 0.15) is 96.8 Å². The zero-order valence-electron chi connectivity index (χ0n) is 20.8. The van der Waals surface area contributed by atoms with Crippen molar-refractivity contribution in [1.29, 1.82) is 0 Å². The summed E-state index contributed by atoms with van der Waals surface area (Å²) in [4.78, 5) is 12.6. The molecule has 2 aliphatic rings. The smallest absolute Gasteiger partial charge is 0.452 e. The number of ether oxygens (including phenoxy) is 2. The first-order valence-corrected chi connectivity index (χ1v) is 13.5. The predicted molar refractivity (Wildman–Crippen MR) is 128 cm³/mol. The van der Waals surface area contributed by atoms with E-state index in [1.165, 1.54) is 88.5 Å². The summed E-state index contributed by atoms with van der Waals surface area (Å²) in [6.07, 6.45) is 8.77. The van der Waals surface area contributed by atoms with E-state index in [2.05, 4.69) is 11.7 Å². The van der Waals surface area contributed by atoms with E-state index in [1.54, 1.807) is 0 Å². The first-order valence-electron chi connectivity index (χ1n) is 13.5. The van der Waals surface area contributed by atoms with E-state index < -0.39 is 12.5 Å². The Morgan fingerprint density at radius 2 is 1.40 bits per heavy atom. The van der Waals surface area contributed by atoms with Crippen LogP contribution < -0.4 is 9.47 Å². The molecule has 198 valence electrons. The molecule has 7 heteroatoms. The Hall–Kier alpha value is -1.79. The zero-order valence-corrected chi connectivity index (χ0v) is 20.8. The summed E-state index contributed by atoms with van der Waals surface area (Å²) in [5.74, 6) is 1.88. The van der Waals surface area contributed by atoms with Gasteiger partial charge in [0.25, 0.3) is 0 Å². The fourth-order valence-corrected chi connectivity index (χ4v) is 5.78. The standard InChI is InChI=1S/C28H40F4O3/c1-2-3-4-5-6-7-20-8-10-21(11-9-20)22-12-14-23(15-13-22)26(33)34-24-16-18-25(19-17-24)35-27(29)28(30,31)32/h16-23,27H,2-15H2,1H3/t20-,21-,22-,23-,27?. The minimum absolute atomic E-state index is 0.151. The third-order valence-electron chi connectivity index (χ3n) is 7.92. The van der Waals surface area contributed by atoms with Gasteiger partial charge in [0.2, 0.25) is 0 Å². The van der Waals surface area contributed by atoms with E-state index in [-0.39, 0.29) is 23.4 Å². The van der Waals surface area contributed by atoms with Crippen molar-refractivity contribution in [2.75, 3.05) is 0 Å². The molecule has 0 amide bonds. The lowest BCUT2D eigenvalue weighted by Crippen LogP contribution is -2.30. The van der Waals surface area contributed by atoms with Crippen molar-refractivity contribution in [3.63, 3.8) is 0 Å². The monoisotopic (exact) mass is 500 g/mol. The van der Waals surface area contributed by atoms with Gasteiger partial charge in [0.05, 0.1) is 5.92 Å². The Morgan fingerprint density at radius 3 is 1.97 bits per heavy atom. The molecule has 1 aromatic rings. The minimum atomic E-state index is -5.09. The van der Waals surface area contributed by atoms with Crippen LogP contribution in [0.25, 0.3) is 0 Å². The van der Waals surface area contributed by atoms with Crippen LogP contribution in [0.4, 0.5) is 17.6 Å². The van der Waals surface area contributed by atoms with Gasteiger partial charge in [0.15, 0.2) is 0 Å². The van der Waals surface area contributed by atoms with Gasteiger partial charge in [-0.05, 0) is 80.5 Å². The Kier molecular flexibility index (Phi) is 10.7. The Balaban J connectivity index is 1.34. The van der Waals surface area contributed by atoms with Gasteiger partial charge in [-0.3, -0.25) is 4.79 Å². The molecular formula is C28H40F4O3. The van der Waals surface area contributed by atoms with E-state index in [0.29, 0.717) is 5.92 Å². The van der Waals surface area contributed by atoms with Crippen molar-refractivity contribution in [3.05, 3.63) is 24.3 Å². The SMILES string of the molecule is CCCCCCC[C@H]1CC[C@H]([C@H]2CC[C@H](C(=O)Oc3ccc(OC(F)C(F)(F)F)cc3)CC2)CC1. The van der Waals surface area contributed by atoms with Crippen molar-refractivity contribution in [1.82, 2.24) is 0 Å². The van der Waals surface area contributed by atoms with Gasteiger partial charge in [-0.15, -0.1) is 0 Å². The number of hydrogen-bond donors (Lipinski definition) is 0. The van der Waals surface area contributed by atoms with Crippen LogP contribution >= 0.6 is 0 Å². The van der Waals surface area contributed by atoms with E-state index in [4.69, 9.17) is 4.74 Å². The molecule has 0 aromatic heterocycles. The highest BCUT2D eigenvalue weighted by Crippen LogP contribution is 2.42. The third-order valence-corrected chi connectivity index (χ3v) is 7.92. The second-order valence-corrected chi connectivity index (χ2v) is 10.5. The maximum atomic E-state index is 13.0. The second-order valence-electron chi connectivity index (χ2n) is 10.5. The fraction of sp³-hybridized carbons (Fsp3) is 0.750. The van der Waals surface area contributed by atoms with Crippen molar-refractivity contribution < 1.29 is 31.8 Å². The lowest BCUT2D eigenvalue weighted by molar-refractivity contribution is -0.236. The molecule has 2 saturated carbocycles. The summed E-state index contributed by atoms with van der Waals surface area (Å²) in [6, 6.07) is 4.98. The molecule has 35 heavy (non-hydrogen) atoms. The van der Waals surface area contributed by atoms with Crippen LogP contribution in [0, 0.1) is 23.7 Å². The van der Waals surface area contributed by atoms with Crippen LogP contribution in [0.2, 0.25) is 0 Å². The topological polar surface area (TPSA) is 35.5 Å². The first kappa shape index (κ1) is 27.8. The number of halogens is 4. The van der Waals surface area contributed by atoms with Crippen LogP contribution in [0.5, 0.6) is 11.5 Å². The number of alkyl halides is 4. The third kappa shape index (κ3) is 8.98. The maximum absolute atomic E-state index is 13.0. The molecular weight excluding hydrogens is 460 g/mol. The Morgan fingerprint density at radius 1 is 0.857 bits per heavy atom. The van der Waals surface area contributed by atoms with Gasteiger partial charge in [0, 0.05) is 0 Å². The Labute approximate surface area is 206 Å². The maximum Gasteiger partial charge on any atom is 0.457 e. The predicted octanol–water partition coefficient (Wildman–Crippen LogP) is 8.80. The van der Waals surface area contributed by atoms with Gasteiger partial charge in [-0.1, -0.05) is 58.3 Å². The van der Waals surface area contributed by atoms with E-state index in [9.17, 15) is 22.4 Å². The molecule has 1 unspecified atom stereocenters. The molecule has 0 bridgehead atoms. The van der Waals surface area contributed by atoms with E-state index >= 15 is 0 Å². The molecule has 1 aromatic carbocycles. The summed E-state index contributed by atoms with van der Waals surface area (Å²) < 4.78 is 59.4. The van der Waals surface area contributed by atoms with Crippen molar-refractivity contribution >= 4 is 5.97 Å². The summed E-state index contributed by atoms with van der Waals surface area (Å²) in [7, 11) is 0. The Bertz CT molecular complexity index is 748. The van der Waals surface area contributed by atoms with E-state index in [0.717, 1.165) is 37.5 Å². The van der Waals surface area contributed by atoms with E-state index in [1.807, 2.05) is 0 Å². The van der Waals surface area contributed by atoms with Crippen LogP contribution in [0.3, 0.4) is 0 Å².